The number of rotatable bonds is 2. The van der Waals surface area contributed by atoms with Crippen molar-refractivity contribution in [3.63, 3.8) is 0 Å². The molecule has 1 aromatic rings. The SMILES string of the molecule is NCC1CC(=O)N(c2nc(Cl)nc(Cl)n2)C1. The Morgan fingerprint density at radius 3 is 2.44 bits per heavy atom. The van der Waals surface area contributed by atoms with Crippen molar-refractivity contribution in [1.29, 1.82) is 0 Å². The van der Waals surface area contributed by atoms with Crippen LogP contribution in [0.5, 0.6) is 0 Å². The Balaban J connectivity index is 2.27. The van der Waals surface area contributed by atoms with Crippen molar-refractivity contribution in [3.05, 3.63) is 10.6 Å². The number of carbonyl (C=O) groups excluding carboxylic acids is 1. The molecule has 16 heavy (non-hydrogen) atoms. The normalized spacial score (nSPS) is 20.6. The average molecular weight is 262 g/mol. The van der Waals surface area contributed by atoms with E-state index in [1.54, 1.807) is 0 Å². The van der Waals surface area contributed by atoms with E-state index in [-0.39, 0.29) is 28.3 Å². The zero-order chi connectivity index (χ0) is 11.7. The Hall–Kier alpha value is -0.980. The Kier molecular flexibility index (Phi) is 3.22. The second kappa shape index (κ2) is 4.48. The van der Waals surface area contributed by atoms with Gasteiger partial charge in [-0.3, -0.25) is 9.69 Å². The van der Waals surface area contributed by atoms with Gasteiger partial charge in [-0.25, -0.2) is 0 Å². The summed E-state index contributed by atoms with van der Waals surface area (Å²) in [5, 5.41) is -0.0574. The second-order valence-corrected chi connectivity index (χ2v) is 4.16. The lowest BCUT2D eigenvalue weighted by Gasteiger charge is -2.13. The molecule has 0 bridgehead atoms. The van der Waals surface area contributed by atoms with Crippen molar-refractivity contribution in [2.24, 2.45) is 11.7 Å². The summed E-state index contributed by atoms with van der Waals surface area (Å²) in [7, 11) is 0. The highest BCUT2D eigenvalue weighted by molar-refractivity contribution is 6.31. The smallest absolute Gasteiger partial charge is 0.237 e. The van der Waals surface area contributed by atoms with Crippen LogP contribution in [0.25, 0.3) is 0 Å². The van der Waals surface area contributed by atoms with Gasteiger partial charge in [0.05, 0.1) is 0 Å². The fourth-order valence-electron chi connectivity index (χ4n) is 1.57. The summed E-state index contributed by atoms with van der Waals surface area (Å²) in [6, 6.07) is 0. The Labute approximate surface area is 102 Å². The zero-order valence-corrected chi connectivity index (χ0v) is 9.74. The minimum Gasteiger partial charge on any atom is -0.330 e. The molecule has 1 aliphatic rings. The molecule has 2 heterocycles. The van der Waals surface area contributed by atoms with E-state index in [1.807, 2.05) is 0 Å². The molecular weight excluding hydrogens is 253 g/mol. The fraction of sp³-hybridized carbons (Fsp3) is 0.500. The van der Waals surface area contributed by atoms with E-state index in [0.29, 0.717) is 19.5 Å². The average Bonchev–Trinajstić information content (AvgIpc) is 2.58. The molecular formula is C8H9Cl2N5O. The maximum Gasteiger partial charge on any atom is 0.237 e. The molecule has 1 fully saturated rings. The third kappa shape index (κ3) is 2.23. The van der Waals surface area contributed by atoms with Gasteiger partial charge < -0.3 is 5.73 Å². The number of nitrogens with two attached hydrogens (primary N) is 1. The molecule has 1 aliphatic heterocycles. The van der Waals surface area contributed by atoms with Crippen molar-refractivity contribution in [2.45, 2.75) is 6.42 Å². The van der Waals surface area contributed by atoms with Crippen molar-refractivity contribution < 1.29 is 4.79 Å². The summed E-state index contributed by atoms with van der Waals surface area (Å²) >= 11 is 11.3. The van der Waals surface area contributed by atoms with Gasteiger partial charge in [-0.05, 0) is 35.7 Å². The highest BCUT2D eigenvalue weighted by Gasteiger charge is 2.31. The first kappa shape index (κ1) is 11.5. The predicted molar refractivity (Wildman–Crippen MR) is 59.4 cm³/mol. The molecule has 6 nitrogen and oxygen atoms in total. The van der Waals surface area contributed by atoms with Gasteiger partial charge >= 0.3 is 0 Å². The van der Waals surface area contributed by atoms with Crippen LogP contribution in [-0.2, 0) is 4.79 Å². The molecule has 86 valence electrons. The molecule has 8 heteroatoms. The molecule has 1 atom stereocenters. The summed E-state index contributed by atoms with van der Waals surface area (Å²) in [6.45, 7) is 0.945. The van der Waals surface area contributed by atoms with Gasteiger partial charge in [0, 0.05) is 13.0 Å². The van der Waals surface area contributed by atoms with Gasteiger partial charge in [0.2, 0.25) is 22.4 Å². The van der Waals surface area contributed by atoms with Crippen LogP contribution in [0.2, 0.25) is 10.6 Å². The maximum atomic E-state index is 11.7. The summed E-state index contributed by atoms with van der Waals surface area (Å²) < 4.78 is 0. The van der Waals surface area contributed by atoms with E-state index in [0.717, 1.165) is 0 Å². The predicted octanol–water partition coefficient (Wildman–Crippen LogP) is 0.490. The van der Waals surface area contributed by atoms with Crippen LogP contribution < -0.4 is 10.6 Å². The van der Waals surface area contributed by atoms with Crippen LogP contribution >= 0.6 is 23.2 Å². The molecule has 0 radical (unpaired) electrons. The molecule has 1 aromatic heterocycles. The summed E-state index contributed by atoms with van der Waals surface area (Å²) in [5.41, 5.74) is 5.51. The maximum absolute atomic E-state index is 11.7. The number of hydrogen-bond donors (Lipinski definition) is 1. The first-order valence-electron chi connectivity index (χ1n) is 4.67. The molecule has 2 rings (SSSR count). The van der Waals surface area contributed by atoms with Crippen LogP contribution in [0.3, 0.4) is 0 Å². The van der Waals surface area contributed by atoms with Crippen molar-refractivity contribution in [3.8, 4) is 0 Å². The van der Waals surface area contributed by atoms with Crippen molar-refractivity contribution in [1.82, 2.24) is 15.0 Å². The lowest BCUT2D eigenvalue weighted by Crippen LogP contribution is -2.27. The second-order valence-electron chi connectivity index (χ2n) is 3.48. The Morgan fingerprint density at radius 1 is 1.31 bits per heavy atom. The molecule has 1 saturated heterocycles. The molecule has 2 N–H and O–H groups in total. The van der Waals surface area contributed by atoms with E-state index in [9.17, 15) is 4.79 Å². The number of aromatic nitrogens is 3. The van der Waals surface area contributed by atoms with Gasteiger partial charge in [-0.1, -0.05) is 0 Å². The van der Waals surface area contributed by atoms with Crippen molar-refractivity contribution in [2.75, 3.05) is 18.0 Å². The number of amides is 1. The first-order valence-corrected chi connectivity index (χ1v) is 5.43. The lowest BCUT2D eigenvalue weighted by molar-refractivity contribution is -0.117. The number of carbonyl (C=O) groups is 1. The Bertz CT molecular complexity index is 407. The number of nitrogens with zero attached hydrogens (tertiary/aromatic N) is 4. The van der Waals surface area contributed by atoms with Gasteiger partial charge in [-0.15, -0.1) is 0 Å². The first-order chi connectivity index (χ1) is 7.60. The van der Waals surface area contributed by atoms with Crippen LogP contribution in [-0.4, -0.2) is 33.9 Å². The Morgan fingerprint density at radius 2 is 1.94 bits per heavy atom. The minimum absolute atomic E-state index is 0.0287. The van der Waals surface area contributed by atoms with Gasteiger partial charge in [-0.2, -0.15) is 15.0 Å². The molecule has 1 amide bonds. The van der Waals surface area contributed by atoms with Crippen LogP contribution in [0.1, 0.15) is 6.42 Å². The third-order valence-corrected chi connectivity index (χ3v) is 2.69. The summed E-state index contributed by atoms with van der Waals surface area (Å²) in [6.07, 6.45) is 0.400. The van der Waals surface area contributed by atoms with Gasteiger partial charge in [0.25, 0.3) is 0 Å². The summed E-state index contributed by atoms with van der Waals surface area (Å²) in [5.74, 6) is 0.238. The van der Waals surface area contributed by atoms with E-state index in [2.05, 4.69) is 15.0 Å². The van der Waals surface area contributed by atoms with E-state index in [1.165, 1.54) is 4.90 Å². The largest absolute Gasteiger partial charge is 0.330 e. The minimum atomic E-state index is -0.0752. The van der Waals surface area contributed by atoms with Gasteiger partial charge in [0.15, 0.2) is 0 Å². The van der Waals surface area contributed by atoms with Crippen LogP contribution in [0, 0.1) is 5.92 Å². The van der Waals surface area contributed by atoms with E-state index in [4.69, 9.17) is 28.9 Å². The molecule has 0 saturated carbocycles. The monoisotopic (exact) mass is 261 g/mol. The highest BCUT2D eigenvalue weighted by Crippen LogP contribution is 2.22. The fourth-order valence-corrected chi connectivity index (χ4v) is 1.92. The topological polar surface area (TPSA) is 85.0 Å². The van der Waals surface area contributed by atoms with Crippen LogP contribution in [0.4, 0.5) is 5.95 Å². The van der Waals surface area contributed by atoms with E-state index < -0.39 is 0 Å². The van der Waals surface area contributed by atoms with E-state index >= 15 is 0 Å². The van der Waals surface area contributed by atoms with Crippen molar-refractivity contribution >= 4 is 35.1 Å². The number of anilines is 1. The quantitative estimate of drug-likeness (QED) is 0.838. The van der Waals surface area contributed by atoms with Gasteiger partial charge in [0.1, 0.15) is 0 Å². The van der Waals surface area contributed by atoms with Crippen LogP contribution in [0.15, 0.2) is 0 Å². The molecule has 0 aliphatic carbocycles. The molecule has 1 unspecified atom stereocenters. The third-order valence-electron chi connectivity index (χ3n) is 2.35. The zero-order valence-electron chi connectivity index (χ0n) is 8.23. The lowest BCUT2D eigenvalue weighted by atomic mass is 10.1. The molecule has 0 spiro atoms. The highest BCUT2D eigenvalue weighted by atomic mass is 35.5. The standard InChI is InChI=1S/C8H9Cl2N5O/c9-6-12-7(10)14-8(13-6)15-3-4(2-11)1-5(15)16/h4H,1-3,11H2. The summed E-state index contributed by atoms with van der Waals surface area (Å²) in [4.78, 5) is 24.4. The number of halogens is 2. The molecule has 0 aromatic carbocycles. The number of hydrogen-bond acceptors (Lipinski definition) is 5.